The zero-order chi connectivity index (χ0) is 62.5. The molecule has 0 bridgehead atoms. The molecule has 0 atom stereocenters. The number of halogens is 1. The van der Waals surface area contributed by atoms with Gasteiger partial charge in [-0.25, -0.2) is 16.8 Å². The fraction of sp³-hybridized carbons (Fsp3) is 0.100. The Morgan fingerprint density at radius 3 is 1.00 bits per heavy atom. The third-order valence-electron chi connectivity index (χ3n) is 15.6. The van der Waals surface area contributed by atoms with Crippen LogP contribution in [0.2, 0.25) is 0 Å². The molecule has 0 aliphatic heterocycles. The van der Waals surface area contributed by atoms with Gasteiger partial charge in [0.1, 0.15) is 9.81 Å². The van der Waals surface area contributed by atoms with Crippen LogP contribution in [0.15, 0.2) is 343 Å². The number of hydrogen-bond acceptors (Lipinski definition) is 5. The van der Waals surface area contributed by atoms with Gasteiger partial charge in [-0.15, -0.1) is 0 Å². The predicted octanol–water partition coefficient (Wildman–Crippen LogP) is 19.1. The Labute approximate surface area is 550 Å². The number of para-hydroxylation sites is 4. The molecule has 452 valence electrons. The molecule has 0 spiro atoms. The Kier molecular flexibility index (Phi) is 21.5. The van der Waals surface area contributed by atoms with E-state index in [1.54, 1.807) is 42.5 Å². The second-order valence-electron chi connectivity index (χ2n) is 21.1. The molecule has 11 heteroatoms. The van der Waals surface area contributed by atoms with Gasteiger partial charge in [-0.3, -0.25) is 0 Å². The zero-order valence-corrected chi connectivity index (χ0v) is 54.8. The van der Waals surface area contributed by atoms with Crippen LogP contribution in [0.5, 0.6) is 0 Å². The summed E-state index contributed by atoms with van der Waals surface area (Å²) in [4.78, 5) is 3.09. The van der Waals surface area contributed by atoms with Gasteiger partial charge in [0.25, 0.3) is 0 Å². The first-order valence-corrected chi connectivity index (χ1v) is 35.3. The summed E-state index contributed by atoms with van der Waals surface area (Å²) in [5, 5.41) is 7.95. The highest BCUT2D eigenvalue weighted by atomic mass is 127. The molecule has 0 saturated carbocycles. The van der Waals surface area contributed by atoms with E-state index in [0.717, 1.165) is 59.5 Å². The van der Waals surface area contributed by atoms with E-state index in [4.69, 9.17) is 0 Å². The maximum atomic E-state index is 13.6. The lowest BCUT2D eigenvalue weighted by atomic mass is 10.1. The zero-order valence-electron chi connectivity index (χ0n) is 50.2. The molecule has 0 amide bonds. The summed E-state index contributed by atoms with van der Waals surface area (Å²) in [5.74, 6) is 0. The van der Waals surface area contributed by atoms with Crippen LogP contribution in [0.3, 0.4) is 0 Å². The van der Waals surface area contributed by atoms with Crippen LogP contribution >= 0.6 is 30.5 Å². The van der Waals surface area contributed by atoms with Gasteiger partial charge in [0, 0.05) is 38.2 Å². The first-order chi connectivity index (χ1) is 44.0. The first kappa shape index (κ1) is 64.9. The van der Waals surface area contributed by atoms with Crippen LogP contribution < -0.4 is 10.6 Å². The first-order valence-electron chi connectivity index (χ1n) is 29.9. The highest BCUT2D eigenvalue weighted by Crippen LogP contribution is 2.44. The van der Waals surface area contributed by atoms with Crippen molar-refractivity contribution in [3.05, 3.63) is 344 Å². The van der Waals surface area contributed by atoms with Crippen LogP contribution in [-0.2, 0) is 26.1 Å². The summed E-state index contributed by atoms with van der Waals surface area (Å²) in [6.45, 7) is 10.1. The largest absolute Gasteiger partial charge is 0.309 e. The number of allylic oxidation sites excluding steroid dienone is 6. The highest BCUT2D eigenvalue weighted by molar-refractivity contribution is 14.1. The van der Waals surface area contributed by atoms with Crippen LogP contribution in [0.4, 0.5) is 0 Å². The fourth-order valence-corrected chi connectivity index (χ4v) is 15.9. The van der Waals surface area contributed by atoms with Crippen molar-refractivity contribution >= 4 is 104 Å². The molecular formula is C80H69IN3O4PS2. The molecule has 7 nitrogen and oxygen atoms in total. The summed E-state index contributed by atoms with van der Waals surface area (Å²) < 4.78 is 58.2. The lowest BCUT2D eigenvalue weighted by molar-refractivity contribution is 0.321. The molecule has 0 radical (unpaired) electrons. The van der Waals surface area contributed by atoms with E-state index in [1.165, 1.54) is 52.1 Å². The van der Waals surface area contributed by atoms with Crippen LogP contribution in [0.25, 0.3) is 55.0 Å². The summed E-state index contributed by atoms with van der Waals surface area (Å²) in [5.41, 5.74) is 20.7. The Balaban J connectivity index is 0.000000157. The van der Waals surface area contributed by atoms with Crippen molar-refractivity contribution in [2.24, 2.45) is 0 Å². The Morgan fingerprint density at radius 1 is 0.374 bits per heavy atom. The standard InChI is InChI=1S/C36H24NO2PS.C24H14INO2S.C13H12.C6H15N.CH4/c38-41(39,32-25-21-30(22-26-32)40(28-11-3-1-4-12-28)29-13-5-2-6-14-29)31-23-19-27(20-24-31)37-35-17-9-7-15-33(35)34-16-8-10-18-36(34)37;25-17-9-13-19(14-10-17)29(27,28)20-15-11-18(12-16-20)26-23-7-3-1-5-21(23)22-6-2-4-8-24(22)26;1-3-7-12(8-4-1)11-13-9-5-2-6-10-13;1-4-7(5-2)6-3;/h1-21,23-25H;1-9,11-13,15-16H;1-10H,11H2;4-6H2,1-3H3;1H4. The minimum Gasteiger partial charge on any atom is -0.309 e. The maximum absolute atomic E-state index is 13.6. The lowest BCUT2D eigenvalue weighted by Crippen LogP contribution is -2.21. The molecule has 0 fully saturated rings. The number of aromatic nitrogens is 2. The quantitative estimate of drug-likeness (QED) is 0.0616. The van der Waals surface area contributed by atoms with Gasteiger partial charge in [0.05, 0.1) is 35.4 Å². The summed E-state index contributed by atoms with van der Waals surface area (Å²) in [7, 11) is -8.28. The summed E-state index contributed by atoms with van der Waals surface area (Å²) >= 11 is 2.08. The minimum atomic E-state index is -3.77. The number of nitrogens with zero attached hydrogens (tertiary/aromatic N) is 3. The summed E-state index contributed by atoms with van der Waals surface area (Å²) in [6, 6.07) is 88.7. The molecule has 2 heterocycles. The van der Waals surface area contributed by atoms with Crippen molar-refractivity contribution in [1.29, 1.82) is 0 Å². The van der Waals surface area contributed by atoms with Gasteiger partial charge in [-0.1, -0.05) is 234 Å². The number of sulfone groups is 2. The molecule has 0 unspecified atom stereocenters. The van der Waals surface area contributed by atoms with E-state index < -0.39 is 27.6 Å². The predicted molar refractivity (Wildman–Crippen MR) is 391 cm³/mol. The van der Waals surface area contributed by atoms with Crippen molar-refractivity contribution in [3.63, 3.8) is 0 Å². The second-order valence-corrected chi connectivity index (χ2v) is 28.3. The average molecular weight is 1360 g/mol. The molecule has 12 aromatic rings. The number of hydrogen-bond donors (Lipinski definition) is 0. The number of benzene rings is 10. The van der Waals surface area contributed by atoms with Gasteiger partial charge in [0.2, 0.25) is 19.7 Å². The van der Waals surface area contributed by atoms with Gasteiger partial charge in [-0.2, -0.15) is 0 Å². The van der Waals surface area contributed by atoms with E-state index in [0.29, 0.717) is 0 Å². The Morgan fingerprint density at radius 2 is 0.692 bits per heavy atom. The Bertz CT molecular complexity index is 4860. The fourth-order valence-electron chi connectivity index (χ4n) is 11.0. The van der Waals surface area contributed by atoms with E-state index in [-0.39, 0.29) is 27.0 Å². The van der Waals surface area contributed by atoms with Gasteiger partial charge < -0.3 is 14.0 Å². The molecule has 2 aromatic heterocycles. The summed E-state index contributed by atoms with van der Waals surface area (Å²) in [6.07, 6.45) is 7.84. The third-order valence-corrected chi connectivity index (χ3v) is 22.1. The SMILES string of the molecule is C.CCN(CC)CC.O=S(=O)(C1=C=C=C(I)C=C1)c1ccc(-n2c3ccccc3c3ccccc32)cc1.O=S(=O)(C1=C=C=C(P(c2ccccc2)c2ccccc2)C=C1)c1ccc(-n2c3ccccc3c3ccccc32)cc1.c1ccc(Cc2ccccc2)cc1. The molecule has 91 heavy (non-hydrogen) atoms. The van der Waals surface area contributed by atoms with Crippen molar-refractivity contribution < 1.29 is 16.8 Å². The van der Waals surface area contributed by atoms with Gasteiger partial charge >= 0.3 is 0 Å². The smallest absolute Gasteiger partial charge is 0.214 e. The lowest BCUT2D eigenvalue weighted by Gasteiger charge is -2.19. The monoisotopic (exact) mass is 1360 g/mol. The maximum Gasteiger partial charge on any atom is 0.214 e. The molecule has 14 rings (SSSR count). The van der Waals surface area contributed by atoms with Gasteiger partial charge in [0.15, 0.2) is 0 Å². The normalized spacial score (nSPS) is 12.5. The molecule has 2 aliphatic carbocycles. The molecule has 2 aliphatic rings. The van der Waals surface area contributed by atoms with E-state index >= 15 is 0 Å². The Hall–Kier alpha value is -9.10. The number of rotatable bonds is 14. The molecule has 0 N–H and O–H groups in total. The van der Waals surface area contributed by atoms with Crippen LogP contribution in [0.1, 0.15) is 39.3 Å². The van der Waals surface area contributed by atoms with Crippen molar-refractivity contribution in [2.75, 3.05) is 19.6 Å². The van der Waals surface area contributed by atoms with E-state index in [2.05, 4.69) is 214 Å². The van der Waals surface area contributed by atoms with Crippen molar-refractivity contribution in [2.45, 2.75) is 44.4 Å². The van der Waals surface area contributed by atoms with Crippen LogP contribution in [-0.4, -0.2) is 50.5 Å². The van der Waals surface area contributed by atoms with Crippen molar-refractivity contribution in [1.82, 2.24) is 14.0 Å². The number of fused-ring (bicyclic) bond motifs is 6. The molecule has 0 saturated heterocycles. The second kappa shape index (κ2) is 30.1. The molecular weight excluding hydrogens is 1290 g/mol. The average Bonchev–Trinajstić information content (AvgIpc) is 3.12. The minimum absolute atomic E-state index is 0. The molecule has 10 aromatic carbocycles. The van der Waals surface area contributed by atoms with Gasteiger partial charge in [-0.05, 0) is 187 Å². The van der Waals surface area contributed by atoms with Crippen molar-refractivity contribution in [3.8, 4) is 11.4 Å². The van der Waals surface area contributed by atoms with Crippen LogP contribution in [0, 0.1) is 0 Å². The third kappa shape index (κ3) is 14.7. The van der Waals surface area contributed by atoms with E-state index in [9.17, 15) is 16.8 Å². The topological polar surface area (TPSA) is 81.4 Å². The highest BCUT2D eigenvalue weighted by Gasteiger charge is 2.24. The van der Waals surface area contributed by atoms with E-state index in [1.807, 2.05) is 115 Å².